The van der Waals surface area contributed by atoms with Crippen molar-refractivity contribution in [3.05, 3.63) is 23.0 Å². The Hall–Kier alpha value is -0.880. The lowest BCUT2D eigenvalue weighted by molar-refractivity contribution is -0.0496. The molecule has 0 fully saturated rings. The quantitative estimate of drug-likeness (QED) is 0.877. The van der Waals surface area contributed by atoms with Gasteiger partial charge in [-0.25, -0.2) is 4.98 Å². The van der Waals surface area contributed by atoms with Gasteiger partial charge in [-0.2, -0.15) is 8.78 Å². The summed E-state index contributed by atoms with van der Waals surface area (Å²) in [5, 5.41) is 0.669. The molecule has 0 aliphatic heterocycles. The van der Waals surface area contributed by atoms with E-state index >= 15 is 0 Å². The maximum absolute atomic E-state index is 12.1. The Balaban J connectivity index is 2.47. The third kappa shape index (κ3) is 2.27. The Morgan fingerprint density at radius 3 is 2.88 bits per heavy atom. The lowest BCUT2D eigenvalue weighted by Crippen LogP contribution is -2.02. The predicted octanol–water partition coefficient (Wildman–Crippen LogP) is 3.71. The minimum atomic E-state index is -2.90. The van der Waals surface area contributed by atoms with Crippen LogP contribution in [0.5, 0.6) is 5.75 Å². The normalized spacial score (nSPS) is 11.3. The molecule has 0 aliphatic rings. The van der Waals surface area contributed by atoms with Crippen LogP contribution in [0.15, 0.2) is 12.1 Å². The van der Waals surface area contributed by atoms with Crippen LogP contribution in [-0.4, -0.2) is 16.6 Å². The number of hydrogen-bond donors (Lipinski definition) is 1. The molecule has 1 heterocycles. The summed E-state index contributed by atoms with van der Waals surface area (Å²) >= 11 is 9.02. The number of aromatic nitrogens is 2. The number of aromatic amines is 1. The molecule has 0 unspecified atom stereocenters. The monoisotopic (exact) mass is 310 g/mol. The van der Waals surface area contributed by atoms with Crippen molar-refractivity contribution in [3.8, 4) is 5.75 Å². The van der Waals surface area contributed by atoms with E-state index in [1.54, 1.807) is 0 Å². The molecule has 0 atom stereocenters. The van der Waals surface area contributed by atoms with Crippen molar-refractivity contribution < 1.29 is 13.5 Å². The number of nitrogens with zero attached hydrogens (tertiary/aromatic N) is 1. The number of alkyl halides is 3. The van der Waals surface area contributed by atoms with Crippen LogP contribution in [0.25, 0.3) is 11.0 Å². The summed E-state index contributed by atoms with van der Waals surface area (Å²) < 4.78 is 28.4. The van der Waals surface area contributed by atoms with Gasteiger partial charge in [0.15, 0.2) is 0 Å². The SMILES string of the molecule is FC(F)Oc1cc2nc(CBr)[nH]c2cc1Cl. The average molecular weight is 312 g/mol. The molecule has 0 saturated heterocycles. The fourth-order valence-electron chi connectivity index (χ4n) is 1.31. The number of benzene rings is 1. The molecule has 0 bridgehead atoms. The van der Waals surface area contributed by atoms with Crippen molar-refractivity contribution in [3.63, 3.8) is 0 Å². The number of rotatable bonds is 3. The molecule has 7 heteroatoms. The molecule has 0 aliphatic carbocycles. The lowest BCUT2D eigenvalue weighted by Gasteiger charge is -2.05. The first-order valence-corrected chi connectivity index (χ1v) is 5.79. The standard InChI is InChI=1S/C9H6BrClF2N2O/c10-3-8-14-5-1-4(11)7(16-9(12)13)2-6(5)15-8/h1-2,9H,3H2,(H,14,15). The number of ether oxygens (including phenoxy) is 1. The Morgan fingerprint density at radius 1 is 1.50 bits per heavy atom. The first kappa shape index (κ1) is 11.6. The molecular formula is C9H6BrClF2N2O. The zero-order valence-electron chi connectivity index (χ0n) is 7.81. The van der Waals surface area contributed by atoms with Crippen LogP contribution in [0, 0.1) is 0 Å². The topological polar surface area (TPSA) is 37.9 Å². The van der Waals surface area contributed by atoms with E-state index in [1.165, 1.54) is 12.1 Å². The van der Waals surface area contributed by atoms with Gasteiger partial charge in [-0.1, -0.05) is 27.5 Å². The van der Waals surface area contributed by atoms with E-state index in [0.717, 1.165) is 0 Å². The molecule has 3 nitrogen and oxygen atoms in total. The number of imidazole rings is 1. The van der Waals surface area contributed by atoms with Crippen molar-refractivity contribution in [2.75, 3.05) is 0 Å². The number of nitrogens with one attached hydrogen (secondary N) is 1. The number of fused-ring (bicyclic) bond motifs is 1. The summed E-state index contributed by atoms with van der Waals surface area (Å²) in [4.78, 5) is 7.14. The van der Waals surface area contributed by atoms with Crippen LogP contribution in [0.4, 0.5) is 8.78 Å². The van der Waals surface area contributed by atoms with Crippen LogP contribution in [0.1, 0.15) is 5.82 Å². The molecule has 2 rings (SSSR count). The van der Waals surface area contributed by atoms with Crippen molar-refractivity contribution in [1.82, 2.24) is 9.97 Å². The van der Waals surface area contributed by atoms with Gasteiger partial charge in [0.1, 0.15) is 11.6 Å². The van der Waals surface area contributed by atoms with Crippen molar-refractivity contribution in [2.24, 2.45) is 0 Å². The van der Waals surface area contributed by atoms with Crippen molar-refractivity contribution in [1.29, 1.82) is 0 Å². The average Bonchev–Trinajstić information content (AvgIpc) is 2.59. The van der Waals surface area contributed by atoms with Crippen molar-refractivity contribution >= 4 is 38.6 Å². The summed E-state index contributed by atoms with van der Waals surface area (Å²) in [5.74, 6) is 0.622. The maximum atomic E-state index is 12.1. The maximum Gasteiger partial charge on any atom is 0.387 e. The molecule has 16 heavy (non-hydrogen) atoms. The summed E-state index contributed by atoms with van der Waals surface area (Å²) in [6, 6.07) is 2.89. The first-order valence-electron chi connectivity index (χ1n) is 4.29. The zero-order chi connectivity index (χ0) is 11.7. The highest BCUT2D eigenvalue weighted by atomic mass is 79.9. The van der Waals surface area contributed by atoms with Gasteiger partial charge in [0.2, 0.25) is 0 Å². The number of halogens is 4. The summed E-state index contributed by atoms with van der Waals surface area (Å²) in [5.41, 5.74) is 1.22. The Kier molecular flexibility index (Phi) is 3.30. The molecule has 1 N–H and O–H groups in total. The molecule has 86 valence electrons. The second-order valence-corrected chi connectivity index (χ2v) is 3.96. The van der Waals surface area contributed by atoms with E-state index in [9.17, 15) is 8.78 Å². The van der Waals surface area contributed by atoms with E-state index in [0.29, 0.717) is 22.2 Å². The van der Waals surface area contributed by atoms with Gasteiger partial charge in [0, 0.05) is 6.07 Å². The van der Waals surface area contributed by atoms with Gasteiger partial charge in [0.05, 0.1) is 21.4 Å². The van der Waals surface area contributed by atoms with Gasteiger partial charge in [-0.05, 0) is 6.07 Å². The van der Waals surface area contributed by atoms with Crippen LogP contribution >= 0.6 is 27.5 Å². The van der Waals surface area contributed by atoms with Crippen LogP contribution in [0.3, 0.4) is 0 Å². The van der Waals surface area contributed by atoms with Gasteiger partial charge in [-0.15, -0.1) is 0 Å². The fourth-order valence-corrected chi connectivity index (χ4v) is 1.79. The van der Waals surface area contributed by atoms with Gasteiger partial charge in [0.25, 0.3) is 0 Å². The van der Waals surface area contributed by atoms with Gasteiger partial charge < -0.3 is 9.72 Å². The molecule has 0 radical (unpaired) electrons. The van der Waals surface area contributed by atoms with Crippen LogP contribution < -0.4 is 4.74 Å². The molecule has 0 spiro atoms. The van der Waals surface area contributed by atoms with Gasteiger partial charge >= 0.3 is 6.61 Å². The lowest BCUT2D eigenvalue weighted by atomic mass is 10.3. The smallest absolute Gasteiger partial charge is 0.387 e. The zero-order valence-corrected chi connectivity index (χ0v) is 10.1. The summed E-state index contributed by atoms with van der Waals surface area (Å²) in [6.07, 6.45) is 0. The highest BCUT2D eigenvalue weighted by Crippen LogP contribution is 2.30. The third-order valence-electron chi connectivity index (χ3n) is 1.93. The molecule has 1 aromatic carbocycles. The highest BCUT2D eigenvalue weighted by Gasteiger charge is 2.12. The van der Waals surface area contributed by atoms with E-state index < -0.39 is 6.61 Å². The number of H-pyrrole nitrogens is 1. The third-order valence-corrected chi connectivity index (χ3v) is 2.75. The largest absolute Gasteiger partial charge is 0.433 e. The second-order valence-electron chi connectivity index (χ2n) is 3.00. The first-order chi connectivity index (χ1) is 7.60. The van der Waals surface area contributed by atoms with Crippen LogP contribution in [0.2, 0.25) is 5.02 Å². The van der Waals surface area contributed by atoms with E-state index in [4.69, 9.17) is 11.6 Å². The highest BCUT2D eigenvalue weighted by molar-refractivity contribution is 9.08. The van der Waals surface area contributed by atoms with E-state index in [-0.39, 0.29) is 10.8 Å². The summed E-state index contributed by atoms with van der Waals surface area (Å²) in [6.45, 7) is -2.90. The Labute approximate surface area is 103 Å². The number of hydrogen-bond acceptors (Lipinski definition) is 2. The minimum absolute atomic E-state index is 0.0724. The second kappa shape index (κ2) is 4.55. The summed E-state index contributed by atoms with van der Waals surface area (Å²) in [7, 11) is 0. The van der Waals surface area contributed by atoms with Crippen molar-refractivity contribution in [2.45, 2.75) is 11.9 Å². The molecule has 0 amide bonds. The van der Waals surface area contributed by atoms with Crippen LogP contribution in [-0.2, 0) is 5.33 Å². The van der Waals surface area contributed by atoms with Gasteiger partial charge in [-0.3, -0.25) is 0 Å². The Bertz CT molecular complexity index is 517. The van der Waals surface area contributed by atoms with E-state index in [2.05, 4.69) is 30.6 Å². The Morgan fingerprint density at radius 2 is 2.25 bits per heavy atom. The molecule has 0 saturated carbocycles. The predicted molar refractivity (Wildman–Crippen MR) is 60.4 cm³/mol. The minimum Gasteiger partial charge on any atom is -0.433 e. The molecule has 2 aromatic rings. The fraction of sp³-hybridized carbons (Fsp3) is 0.222. The van der Waals surface area contributed by atoms with E-state index in [1.807, 2.05) is 0 Å². The molecule has 1 aromatic heterocycles. The molecular weight excluding hydrogens is 305 g/mol.